The second kappa shape index (κ2) is 6.45. The number of anilines is 1. The largest absolute Gasteiger partial charge is 0.384 e. The molecule has 0 atom stereocenters. The summed E-state index contributed by atoms with van der Waals surface area (Å²) >= 11 is 0. The SMILES string of the molecule is Cc1cncc(NC(=O)c2cncc(C#CCO)c2)c1. The molecule has 2 rings (SSSR count). The van der Waals surface area contributed by atoms with Crippen LogP contribution >= 0.6 is 0 Å². The molecule has 0 aliphatic heterocycles. The van der Waals surface area contributed by atoms with Crippen molar-refractivity contribution in [3.63, 3.8) is 0 Å². The smallest absolute Gasteiger partial charge is 0.257 e. The van der Waals surface area contributed by atoms with Crippen molar-refractivity contribution in [1.82, 2.24) is 9.97 Å². The van der Waals surface area contributed by atoms with E-state index in [1.54, 1.807) is 18.5 Å². The van der Waals surface area contributed by atoms with Gasteiger partial charge >= 0.3 is 0 Å². The molecule has 2 N–H and O–H groups in total. The average molecular weight is 267 g/mol. The molecule has 0 unspecified atom stereocenters. The molecule has 2 heterocycles. The summed E-state index contributed by atoms with van der Waals surface area (Å²) < 4.78 is 0. The maximum atomic E-state index is 12.1. The topological polar surface area (TPSA) is 75.1 Å². The summed E-state index contributed by atoms with van der Waals surface area (Å²) in [5.41, 5.74) is 2.57. The van der Waals surface area contributed by atoms with Crippen molar-refractivity contribution in [2.45, 2.75) is 6.92 Å². The molecule has 0 aliphatic carbocycles. The first-order valence-corrected chi connectivity index (χ1v) is 5.97. The summed E-state index contributed by atoms with van der Waals surface area (Å²) in [6, 6.07) is 3.45. The maximum Gasteiger partial charge on any atom is 0.257 e. The zero-order valence-corrected chi connectivity index (χ0v) is 10.9. The molecule has 2 aromatic heterocycles. The van der Waals surface area contributed by atoms with E-state index in [0.717, 1.165) is 5.56 Å². The van der Waals surface area contributed by atoms with Gasteiger partial charge in [-0.15, -0.1) is 0 Å². The quantitative estimate of drug-likeness (QED) is 0.806. The lowest BCUT2D eigenvalue weighted by Crippen LogP contribution is -2.12. The molecule has 2 aromatic rings. The molecule has 0 spiro atoms. The van der Waals surface area contributed by atoms with Crippen molar-refractivity contribution < 1.29 is 9.90 Å². The normalized spacial score (nSPS) is 9.50. The van der Waals surface area contributed by atoms with E-state index in [-0.39, 0.29) is 12.5 Å². The average Bonchev–Trinajstić information content (AvgIpc) is 2.45. The number of hydrogen-bond acceptors (Lipinski definition) is 4. The second-order valence-electron chi connectivity index (χ2n) is 4.13. The summed E-state index contributed by atoms with van der Waals surface area (Å²) in [5, 5.41) is 11.4. The Balaban J connectivity index is 2.17. The number of aliphatic hydroxyl groups excluding tert-OH is 1. The van der Waals surface area contributed by atoms with Gasteiger partial charge in [0.25, 0.3) is 5.91 Å². The molecular formula is C15H13N3O2. The van der Waals surface area contributed by atoms with Crippen LogP contribution in [-0.4, -0.2) is 27.6 Å². The van der Waals surface area contributed by atoms with Crippen LogP contribution in [0.15, 0.2) is 36.9 Å². The predicted molar refractivity (Wildman–Crippen MR) is 75.1 cm³/mol. The lowest BCUT2D eigenvalue weighted by atomic mass is 10.2. The van der Waals surface area contributed by atoms with Crippen molar-refractivity contribution in [2.24, 2.45) is 0 Å². The van der Waals surface area contributed by atoms with Gasteiger partial charge in [0.1, 0.15) is 6.61 Å². The first-order valence-electron chi connectivity index (χ1n) is 5.97. The third kappa shape index (κ3) is 3.64. The first-order chi connectivity index (χ1) is 9.69. The number of nitrogens with one attached hydrogen (secondary N) is 1. The number of aliphatic hydroxyl groups is 1. The fourth-order valence-corrected chi connectivity index (χ4v) is 1.60. The molecule has 0 saturated heterocycles. The van der Waals surface area contributed by atoms with Gasteiger partial charge < -0.3 is 10.4 Å². The van der Waals surface area contributed by atoms with Gasteiger partial charge in [0.2, 0.25) is 0 Å². The van der Waals surface area contributed by atoms with Crippen LogP contribution in [0, 0.1) is 18.8 Å². The zero-order valence-electron chi connectivity index (χ0n) is 10.9. The number of nitrogens with zero attached hydrogens (tertiary/aromatic N) is 2. The van der Waals surface area contributed by atoms with Crippen LogP contribution in [0.25, 0.3) is 0 Å². The Labute approximate surface area is 116 Å². The fraction of sp³-hybridized carbons (Fsp3) is 0.133. The molecule has 0 radical (unpaired) electrons. The Morgan fingerprint density at radius 1 is 1.25 bits per heavy atom. The van der Waals surface area contributed by atoms with Crippen molar-refractivity contribution >= 4 is 11.6 Å². The number of aromatic nitrogens is 2. The standard InChI is InChI=1S/C15H13N3O2/c1-11-5-14(10-16-7-11)18-15(20)13-6-12(3-2-4-19)8-17-9-13/h5-10,19H,4H2,1H3,(H,18,20). The predicted octanol–water partition coefficient (Wildman–Crippen LogP) is 1.38. The minimum absolute atomic E-state index is 0.231. The summed E-state index contributed by atoms with van der Waals surface area (Å²) in [4.78, 5) is 20.0. The molecule has 0 aliphatic rings. The minimum atomic E-state index is -0.280. The summed E-state index contributed by atoms with van der Waals surface area (Å²) in [6.07, 6.45) is 6.28. The van der Waals surface area contributed by atoms with E-state index < -0.39 is 0 Å². The monoisotopic (exact) mass is 267 g/mol. The number of carbonyl (C=O) groups excluding carboxylic acids is 1. The van der Waals surface area contributed by atoms with E-state index in [1.165, 1.54) is 12.4 Å². The Morgan fingerprint density at radius 2 is 2.05 bits per heavy atom. The van der Waals surface area contributed by atoms with Gasteiger partial charge in [-0.1, -0.05) is 11.8 Å². The fourth-order valence-electron chi connectivity index (χ4n) is 1.60. The van der Waals surface area contributed by atoms with E-state index in [1.807, 2.05) is 13.0 Å². The van der Waals surface area contributed by atoms with E-state index in [4.69, 9.17) is 5.11 Å². The van der Waals surface area contributed by atoms with E-state index in [9.17, 15) is 4.79 Å². The minimum Gasteiger partial charge on any atom is -0.384 e. The molecule has 5 heteroatoms. The zero-order chi connectivity index (χ0) is 14.4. The van der Waals surface area contributed by atoms with Gasteiger partial charge in [-0.05, 0) is 24.6 Å². The summed E-state index contributed by atoms with van der Waals surface area (Å²) in [6.45, 7) is 1.67. The molecular weight excluding hydrogens is 254 g/mol. The highest BCUT2D eigenvalue weighted by Gasteiger charge is 2.07. The third-order valence-electron chi connectivity index (χ3n) is 2.45. The summed E-state index contributed by atoms with van der Waals surface area (Å²) in [7, 11) is 0. The lowest BCUT2D eigenvalue weighted by Gasteiger charge is -2.05. The van der Waals surface area contributed by atoms with Crippen molar-refractivity contribution in [3.05, 3.63) is 53.6 Å². The van der Waals surface area contributed by atoms with Crippen LogP contribution in [0.1, 0.15) is 21.5 Å². The van der Waals surface area contributed by atoms with Crippen LogP contribution in [0.2, 0.25) is 0 Å². The Morgan fingerprint density at radius 3 is 2.80 bits per heavy atom. The van der Waals surface area contributed by atoms with Gasteiger partial charge in [0.05, 0.1) is 17.4 Å². The van der Waals surface area contributed by atoms with E-state index in [2.05, 4.69) is 27.1 Å². The highest BCUT2D eigenvalue weighted by molar-refractivity contribution is 6.04. The van der Waals surface area contributed by atoms with Gasteiger partial charge in [0, 0.05) is 24.2 Å². The first kappa shape index (κ1) is 13.7. The number of aryl methyl sites for hydroxylation is 1. The molecule has 0 aromatic carbocycles. The maximum absolute atomic E-state index is 12.1. The Kier molecular flexibility index (Phi) is 4.43. The van der Waals surface area contributed by atoms with Crippen LogP contribution < -0.4 is 5.32 Å². The molecule has 5 nitrogen and oxygen atoms in total. The van der Waals surface area contributed by atoms with Gasteiger partial charge in [0.15, 0.2) is 0 Å². The van der Waals surface area contributed by atoms with Crippen LogP contribution in [0.4, 0.5) is 5.69 Å². The molecule has 100 valence electrons. The number of amides is 1. The van der Waals surface area contributed by atoms with Crippen molar-refractivity contribution in [3.8, 4) is 11.8 Å². The summed E-state index contributed by atoms with van der Waals surface area (Å²) in [5.74, 6) is 4.94. The highest BCUT2D eigenvalue weighted by Crippen LogP contribution is 2.10. The third-order valence-corrected chi connectivity index (χ3v) is 2.45. The van der Waals surface area contributed by atoms with Crippen LogP contribution in [0.5, 0.6) is 0 Å². The van der Waals surface area contributed by atoms with Gasteiger partial charge in [-0.3, -0.25) is 14.8 Å². The van der Waals surface area contributed by atoms with Crippen LogP contribution in [-0.2, 0) is 0 Å². The molecule has 0 saturated carbocycles. The number of rotatable bonds is 2. The highest BCUT2D eigenvalue weighted by atomic mass is 16.2. The van der Waals surface area contributed by atoms with Crippen molar-refractivity contribution in [1.29, 1.82) is 0 Å². The number of pyridine rings is 2. The molecule has 0 fully saturated rings. The Bertz CT molecular complexity index is 687. The van der Waals surface area contributed by atoms with E-state index >= 15 is 0 Å². The molecule has 1 amide bonds. The van der Waals surface area contributed by atoms with Gasteiger partial charge in [-0.25, -0.2) is 0 Å². The lowest BCUT2D eigenvalue weighted by molar-refractivity contribution is 0.102. The second-order valence-corrected chi connectivity index (χ2v) is 4.13. The number of carbonyl (C=O) groups is 1. The number of hydrogen-bond donors (Lipinski definition) is 2. The van der Waals surface area contributed by atoms with E-state index in [0.29, 0.717) is 16.8 Å². The van der Waals surface area contributed by atoms with Gasteiger partial charge in [-0.2, -0.15) is 0 Å². The molecule has 20 heavy (non-hydrogen) atoms. The molecule has 0 bridgehead atoms. The van der Waals surface area contributed by atoms with Crippen LogP contribution in [0.3, 0.4) is 0 Å². The van der Waals surface area contributed by atoms with Crippen molar-refractivity contribution in [2.75, 3.05) is 11.9 Å². The Hall–Kier alpha value is -2.71.